The Bertz CT molecular complexity index is 556. The summed E-state index contributed by atoms with van der Waals surface area (Å²) in [4.78, 5) is 27.6. The molecule has 1 fully saturated rings. The van der Waals surface area contributed by atoms with Crippen LogP contribution in [0.3, 0.4) is 0 Å². The first-order valence-corrected chi connectivity index (χ1v) is 6.21. The van der Waals surface area contributed by atoms with Crippen molar-refractivity contribution in [2.24, 2.45) is 0 Å². The molecule has 2 rings (SSSR count). The van der Waals surface area contributed by atoms with Gasteiger partial charge in [0, 0.05) is 31.9 Å². The standard InChI is InChI=1S/C13H18N4O2/c1-10(2)17-13(19)11(9-18)12(8-14-17)16-6-4-15(3)5-7-16/h8-9H,1,4-7H2,2-3H3. The molecule has 0 unspecified atom stereocenters. The Hall–Kier alpha value is -1.95. The first kappa shape index (κ1) is 13.5. The van der Waals surface area contributed by atoms with E-state index < -0.39 is 5.56 Å². The summed E-state index contributed by atoms with van der Waals surface area (Å²) in [5.41, 5.74) is 0.866. The number of anilines is 1. The molecular weight excluding hydrogens is 244 g/mol. The molecule has 0 spiro atoms. The lowest BCUT2D eigenvalue weighted by Gasteiger charge is -2.34. The molecule has 0 bridgehead atoms. The Morgan fingerprint density at radius 3 is 2.53 bits per heavy atom. The van der Waals surface area contributed by atoms with Gasteiger partial charge in [-0.05, 0) is 14.0 Å². The molecule has 1 aliphatic heterocycles. The van der Waals surface area contributed by atoms with Crippen molar-refractivity contribution < 1.29 is 4.79 Å². The van der Waals surface area contributed by atoms with E-state index in [4.69, 9.17) is 0 Å². The fraction of sp³-hybridized carbons (Fsp3) is 0.462. The van der Waals surface area contributed by atoms with Crippen LogP contribution in [0, 0.1) is 0 Å². The van der Waals surface area contributed by atoms with Gasteiger partial charge in [-0.2, -0.15) is 5.10 Å². The average Bonchev–Trinajstić information content (AvgIpc) is 2.38. The van der Waals surface area contributed by atoms with Gasteiger partial charge in [-0.3, -0.25) is 9.59 Å². The van der Waals surface area contributed by atoms with Crippen molar-refractivity contribution in [2.75, 3.05) is 38.1 Å². The van der Waals surface area contributed by atoms with E-state index in [9.17, 15) is 9.59 Å². The van der Waals surface area contributed by atoms with Crippen molar-refractivity contribution in [1.82, 2.24) is 14.7 Å². The molecular formula is C13H18N4O2. The number of rotatable bonds is 3. The van der Waals surface area contributed by atoms with Crippen LogP contribution in [-0.2, 0) is 0 Å². The van der Waals surface area contributed by atoms with Gasteiger partial charge < -0.3 is 9.80 Å². The number of piperazine rings is 1. The molecule has 0 atom stereocenters. The van der Waals surface area contributed by atoms with Gasteiger partial charge in [0.1, 0.15) is 5.56 Å². The molecule has 0 aliphatic carbocycles. The van der Waals surface area contributed by atoms with E-state index in [0.717, 1.165) is 30.9 Å². The zero-order valence-corrected chi connectivity index (χ0v) is 11.3. The molecule has 2 heterocycles. The van der Waals surface area contributed by atoms with E-state index in [-0.39, 0.29) is 5.56 Å². The highest BCUT2D eigenvalue weighted by atomic mass is 16.1. The molecule has 0 radical (unpaired) electrons. The quantitative estimate of drug-likeness (QED) is 0.733. The fourth-order valence-corrected chi connectivity index (χ4v) is 2.14. The van der Waals surface area contributed by atoms with Crippen LogP contribution in [0.1, 0.15) is 17.3 Å². The van der Waals surface area contributed by atoms with Gasteiger partial charge in [-0.15, -0.1) is 0 Å². The van der Waals surface area contributed by atoms with Crippen LogP contribution in [0.5, 0.6) is 0 Å². The molecule has 1 aromatic heterocycles. The Morgan fingerprint density at radius 1 is 1.37 bits per heavy atom. The topological polar surface area (TPSA) is 58.4 Å². The predicted molar refractivity (Wildman–Crippen MR) is 74.6 cm³/mol. The fourth-order valence-electron chi connectivity index (χ4n) is 2.14. The van der Waals surface area contributed by atoms with Gasteiger partial charge in [-0.25, -0.2) is 4.68 Å². The van der Waals surface area contributed by atoms with Crippen LogP contribution < -0.4 is 10.5 Å². The summed E-state index contributed by atoms with van der Waals surface area (Å²) in [6.07, 6.45) is 2.18. The maximum atomic E-state index is 12.1. The van der Waals surface area contributed by atoms with E-state index in [1.54, 1.807) is 13.1 Å². The third kappa shape index (κ3) is 2.58. The summed E-state index contributed by atoms with van der Waals surface area (Å²) in [7, 11) is 2.05. The summed E-state index contributed by atoms with van der Waals surface area (Å²) in [6.45, 7) is 8.74. The Kier molecular flexibility index (Phi) is 3.80. The molecule has 1 aromatic rings. The number of nitrogens with zero attached hydrogens (tertiary/aromatic N) is 4. The molecule has 0 aromatic carbocycles. The maximum absolute atomic E-state index is 12.1. The number of carbonyl (C=O) groups is 1. The highest BCUT2D eigenvalue weighted by Crippen LogP contribution is 2.17. The summed E-state index contributed by atoms with van der Waals surface area (Å²) < 4.78 is 1.16. The van der Waals surface area contributed by atoms with Crippen LogP contribution >= 0.6 is 0 Å². The monoisotopic (exact) mass is 262 g/mol. The lowest BCUT2D eigenvalue weighted by molar-refractivity contribution is 0.112. The number of carbonyl (C=O) groups excluding carboxylic acids is 1. The second kappa shape index (κ2) is 5.36. The Balaban J connectivity index is 2.42. The molecule has 102 valence electrons. The Labute approximate surface area is 111 Å². The maximum Gasteiger partial charge on any atom is 0.283 e. The number of hydrogen-bond donors (Lipinski definition) is 0. The third-order valence-corrected chi connectivity index (χ3v) is 3.32. The van der Waals surface area contributed by atoms with E-state index >= 15 is 0 Å². The predicted octanol–water partition coefficient (Wildman–Crippen LogP) is 0.298. The zero-order chi connectivity index (χ0) is 14.0. The SMILES string of the molecule is C=C(C)n1ncc(N2CCN(C)CC2)c(C=O)c1=O. The second-order valence-electron chi connectivity index (χ2n) is 4.80. The minimum absolute atomic E-state index is 0.155. The van der Waals surface area contributed by atoms with Crippen molar-refractivity contribution in [2.45, 2.75) is 6.92 Å². The molecule has 0 N–H and O–H groups in total. The first-order chi connectivity index (χ1) is 9.04. The van der Waals surface area contributed by atoms with E-state index in [1.807, 2.05) is 4.90 Å². The zero-order valence-electron chi connectivity index (χ0n) is 11.3. The Morgan fingerprint density at radius 2 is 2.00 bits per heavy atom. The van der Waals surface area contributed by atoms with Crippen molar-refractivity contribution in [3.63, 3.8) is 0 Å². The van der Waals surface area contributed by atoms with Crippen LogP contribution in [-0.4, -0.2) is 54.2 Å². The number of aromatic nitrogens is 2. The number of likely N-dealkylation sites (N-methyl/N-ethyl adjacent to an activating group) is 1. The van der Waals surface area contributed by atoms with Gasteiger partial charge in [0.2, 0.25) is 0 Å². The lowest BCUT2D eigenvalue weighted by Crippen LogP contribution is -2.45. The van der Waals surface area contributed by atoms with E-state index in [0.29, 0.717) is 17.7 Å². The van der Waals surface area contributed by atoms with E-state index in [1.165, 1.54) is 0 Å². The molecule has 6 nitrogen and oxygen atoms in total. The summed E-state index contributed by atoms with van der Waals surface area (Å²) in [5.74, 6) is 0. The molecule has 1 saturated heterocycles. The summed E-state index contributed by atoms with van der Waals surface area (Å²) >= 11 is 0. The van der Waals surface area contributed by atoms with Crippen molar-refractivity contribution in [3.05, 3.63) is 28.7 Å². The summed E-state index contributed by atoms with van der Waals surface area (Å²) in [5, 5.41) is 4.07. The molecule has 0 saturated carbocycles. The lowest BCUT2D eigenvalue weighted by atomic mass is 10.2. The molecule has 0 amide bonds. The van der Waals surface area contributed by atoms with Crippen molar-refractivity contribution in [3.8, 4) is 0 Å². The van der Waals surface area contributed by atoms with Crippen LogP contribution in [0.25, 0.3) is 5.70 Å². The normalized spacial score (nSPS) is 16.4. The number of allylic oxidation sites excluding steroid dienone is 1. The summed E-state index contributed by atoms with van der Waals surface area (Å²) in [6, 6.07) is 0. The number of hydrogen-bond acceptors (Lipinski definition) is 5. The highest BCUT2D eigenvalue weighted by Gasteiger charge is 2.20. The number of aldehydes is 1. The van der Waals surface area contributed by atoms with Gasteiger partial charge in [0.15, 0.2) is 6.29 Å². The minimum atomic E-state index is -0.404. The smallest absolute Gasteiger partial charge is 0.283 e. The van der Waals surface area contributed by atoms with Crippen molar-refractivity contribution in [1.29, 1.82) is 0 Å². The van der Waals surface area contributed by atoms with Gasteiger partial charge in [-0.1, -0.05) is 6.58 Å². The van der Waals surface area contributed by atoms with Crippen LogP contribution in [0.2, 0.25) is 0 Å². The van der Waals surface area contributed by atoms with Gasteiger partial charge in [0.05, 0.1) is 11.9 Å². The van der Waals surface area contributed by atoms with Crippen LogP contribution in [0.15, 0.2) is 17.6 Å². The molecule has 19 heavy (non-hydrogen) atoms. The highest BCUT2D eigenvalue weighted by molar-refractivity contribution is 5.83. The first-order valence-electron chi connectivity index (χ1n) is 6.21. The second-order valence-corrected chi connectivity index (χ2v) is 4.80. The van der Waals surface area contributed by atoms with Gasteiger partial charge in [0.25, 0.3) is 5.56 Å². The molecule has 1 aliphatic rings. The van der Waals surface area contributed by atoms with Crippen LogP contribution in [0.4, 0.5) is 5.69 Å². The van der Waals surface area contributed by atoms with E-state index in [2.05, 4.69) is 23.6 Å². The third-order valence-electron chi connectivity index (χ3n) is 3.32. The minimum Gasteiger partial charge on any atom is -0.367 e. The molecule has 6 heteroatoms. The largest absolute Gasteiger partial charge is 0.367 e. The van der Waals surface area contributed by atoms with Gasteiger partial charge >= 0.3 is 0 Å². The average molecular weight is 262 g/mol. The van der Waals surface area contributed by atoms with Crippen molar-refractivity contribution >= 4 is 17.7 Å².